The molecule has 2 heterocycles. The van der Waals surface area contributed by atoms with Gasteiger partial charge in [0.05, 0.1) is 6.61 Å². The fourth-order valence-electron chi connectivity index (χ4n) is 2.09. The summed E-state index contributed by atoms with van der Waals surface area (Å²) < 4.78 is 5.48. The summed E-state index contributed by atoms with van der Waals surface area (Å²) in [7, 11) is 0. The second-order valence-corrected chi connectivity index (χ2v) is 5.11. The van der Waals surface area contributed by atoms with Crippen molar-refractivity contribution in [1.82, 2.24) is 9.97 Å². The fraction of sp³-hybridized carbons (Fsp3) is 0.667. The van der Waals surface area contributed by atoms with Crippen molar-refractivity contribution >= 4 is 17.6 Å². The molecule has 1 aromatic heterocycles. The average molecular weight is 268 g/mol. The van der Waals surface area contributed by atoms with Gasteiger partial charge in [-0.2, -0.15) is 4.98 Å². The zero-order chi connectivity index (χ0) is 13.0. The highest BCUT2D eigenvalue weighted by molar-refractivity contribution is 7.98. The third-order valence-corrected chi connectivity index (χ3v) is 3.47. The summed E-state index contributed by atoms with van der Waals surface area (Å²) in [5.41, 5.74) is 6.01. The lowest BCUT2D eigenvalue weighted by molar-refractivity contribution is 0.323. The van der Waals surface area contributed by atoms with Crippen LogP contribution in [0.5, 0.6) is 5.88 Å². The van der Waals surface area contributed by atoms with Crippen LogP contribution >= 0.6 is 11.8 Å². The Bertz CT molecular complexity index is 402. The number of aromatic nitrogens is 2. The summed E-state index contributed by atoms with van der Waals surface area (Å²) >= 11 is 1.53. The number of ether oxygens (including phenoxy) is 1. The van der Waals surface area contributed by atoms with Crippen LogP contribution in [0.1, 0.15) is 19.8 Å². The van der Waals surface area contributed by atoms with Gasteiger partial charge in [-0.1, -0.05) is 11.8 Å². The van der Waals surface area contributed by atoms with Gasteiger partial charge in [0.15, 0.2) is 5.16 Å². The Hall–Kier alpha value is -1.01. The molecule has 1 aromatic rings. The zero-order valence-corrected chi connectivity index (χ0v) is 11.7. The lowest BCUT2D eigenvalue weighted by atomic mass is 10.1. The molecule has 1 fully saturated rings. The number of hydrogen-bond donors (Lipinski definition) is 1. The Morgan fingerprint density at radius 2 is 2.39 bits per heavy atom. The molecule has 0 unspecified atom stereocenters. The predicted octanol–water partition coefficient (Wildman–Crippen LogP) is 1.52. The van der Waals surface area contributed by atoms with Gasteiger partial charge in [0.1, 0.15) is 5.82 Å². The van der Waals surface area contributed by atoms with Gasteiger partial charge in [0.25, 0.3) is 0 Å². The highest BCUT2D eigenvalue weighted by Crippen LogP contribution is 2.24. The third-order valence-electron chi connectivity index (χ3n) is 2.93. The summed E-state index contributed by atoms with van der Waals surface area (Å²) in [6.45, 7) is 4.43. The molecule has 1 saturated heterocycles. The maximum atomic E-state index is 6.01. The molecule has 1 aliphatic rings. The molecule has 0 aromatic carbocycles. The van der Waals surface area contributed by atoms with Crippen molar-refractivity contribution in [3.05, 3.63) is 6.07 Å². The topological polar surface area (TPSA) is 64.3 Å². The minimum Gasteiger partial charge on any atom is -0.478 e. The van der Waals surface area contributed by atoms with Crippen molar-refractivity contribution in [2.24, 2.45) is 5.73 Å². The summed E-state index contributed by atoms with van der Waals surface area (Å²) in [6.07, 6.45) is 4.18. The van der Waals surface area contributed by atoms with E-state index in [9.17, 15) is 0 Å². The first kappa shape index (κ1) is 13.4. The number of nitrogens with zero attached hydrogens (tertiary/aromatic N) is 3. The number of piperidine rings is 1. The van der Waals surface area contributed by atoms with Crippen LogP contribution in [0.15, 0.2) is 11.2 Å². The largest absolute Gasteiger partial charge is 0.478 e. The van der Waals surface area contributed by atoms with Crippen LogP contribution in [0.3, 0.4) is 0 Å². The second-order valence-electron chi connectivity index (χ2n) is 4.33. The first-order chi connectivity index (χ1) is 8.72. The average Bonchev–Trinajstić information content (AvgIpc) is 2.39. The van der Waals surface area contributed by atoms with Crippen molar-refractivity contribution in [1.29, 1.82) is 0 Å². The molecule has 1 aliphatic heterocycles. The van der Waals surface area contributed by atoms with Gasteiger partial charge in [0.2, 0.25) is 5.88 Å². The summed E-state index contributed by atoms with van der Waals surface area (Å²) in [4.78, 5) is 11.1. The van der Waals surface area contributed by atoms with E-state index in [0.29, 0.717) is 12.5 Å². The van der Waals surface area contributed by atoms with E-state index in [2.05, 4.69) is 14.9 Å². The monoisotopic (exact) mass is 268 g/mol. The predicted molar refractivity (Wildman–Crippen MR) is 74.4 cm³/mol. The van der Waals surface area contributed by atoms with Crippen LogP contribution in [0.4, 0.5) is 5.82 Å². The van der Waals surface area contributed by atoms with Crippen molar-refractivity contribution in [3.8, 4) is 5.88 Å². The molecule has 100 valence electrons. The first-order valence-corrected chi connectivity index (χ1v) is 7.51. The summed E-state index contributed by atoms with van der Waals surface area (Å²) in [5, 5.41) is 0.745. The highest BCUT2D eigenvalue weighted by atomic mass is 32.2. The van der Waals surface area contributed by atoms with Crippen LogP contribution < -0.4 is 15.4 Å². The van der Waals surface area contributed by atoms with Gasteiger partial charge < -0.3 is 15.4 Å². The Balaban J connectivity index is 2.22. The van der Waals surface area contributed by atoms with Crippen LogP contribution in [-0.4, -0.2) is 42.0 Å². The molecule has 6 heteroatoms. The SMILES string of the molecule is CCOc1cc(N2CCC[C@H](N)C2)nc(SC)n1. The number of thioether (sulfide) groups is 1. The quantitative estimate of drug-likeness (QED) is 0.660. The van der Waals surface area contributed by atoms with Crippen molar-refractivity contribution < 1.29 is 4.74 Å². The molecular formula is C12H20N4OS. The number of hydrogen-bond acceptors (Lipinski definition) is 6. The van der Waals surface area contributed by atoms with Gasteiger partial charge in [-0.05, 0) is 26.0 Å². The molecule has 0 radical (unpaired) electrons. The second kappa shape index (κ2) is 6.24. The molecular weight excluding hydrogens is 248 g/mol. The molecule has 0 amide bonds. The minimum absolute atomic E-state index is 0.238. The molecule has 0 saturated carbocycles. The molecule has 2 rings (SSSR count). The minimum atomic E-state index is 0.238. The van der Waals surface area contributed by atoms with Gasteiger partial charge in [-0.3, -0.25) is 0 Å². The van der Waals surface area contributed by atoms with E-state index in [0.717, 1.165) is 36.9 Å². The number of nitrogens with two attached hydrogens (primary N) is 1. The normalized spacial score (nSPS) is 19.9. The molecule has 0 spiro atoms. The lowest BCUT2D eigenvalue weighted by Gasteiger charge is -2.31. The Morgan fingerprint density at radius 1 is 1.56 bits per heavy atom. The zero-order valence-electron chi connectivity index (χ0n) is 10.9. The highest BCUT2D eigenvalue weighted by Gasteiger charge is 2.19. The van der Waals surface area contributed by atoms with Crippen LogP contribution in [0.25, 0.3) is 0 Å². The van der Waals surface area contributed by atoms with Crippen LogP contribution in [0, 0.1) is 0 Å². The van der Waals surface area contributed by atoms with Gasteiger partial charge in [-0.25, -0.2) is 4.98 Å². The smallest absolute Gasteiger partial charge is 0.219 e. The Kier molecular flexibility index (Phi) is 4.66. The molecule has 1 atom stereocenters. The van der Waals surface area contributed by atoms with E-state index in [-0.39, 0.29) is 6.04 Å². The first-order valence-electron chi connectivity index (χ1n) is 6.29. The van der Waals surface area contributed by atoms with Crippen molar-refractivity contribution in [3.63, 3.8) is 0 Å². The van der Waals surface area contributed by atoms with E-state index in [1.165, 1.54) is 11.8 Å². The molecule has 18 heavy (non-hydrogen) atoms. The summed E-state index contributed by atoms with van der Waals surface area (Å²) in [6, 6.07) is 2.14. The maximum Gasteiger partial charge on any atom is 0.219 e. The van der Waals surface area contributed by atoms with Crippen molar-refractivity contribution in [2.45, 2.75) is 31.0 Å². The van der Waals surface area contributed by atoms with Crippen molar-refractivity contribution in [2.75, 3.05) is 30.9 Å². The van der Waals surface area contributed by atoms with Gasteiger partial charge in [0, 0.05) is 25.2 Å². The number of rotatable bonds is 4. The van der Waals surface area contributed by atoms with E-state index in [4.69, 9.17) is 10.5 Å². The number of anilines is 1. The van der Waals surface area contributed by atoms with E-state index in [1.54, 1.807) is 0 Å². The lowest BCUT2D eigenvalue weighted by Crippen LogP contribution is -2.43. The Morgan fingerprint density at radius 3 is 3.06 bits per heavy atom. The van der Waals surface area contributed by atoms with Crippen LogP contribution in [-0.2, 0) is 0 Å². The van der Waals surface area contributed by atoms with E-state index >= 15 is 0 Å². The fourth-order valence-corrected chi connectivity index (χ4v) is 2.45. The molecule has 2 N–H and O–H groups in total. The molecule has 0 bridgehead atoms. The van der Waals surface area contributed by atoms with Crippen LogP contribution in [0.2, 0.25) is 0 Å². The summed E-state index contributed by atoms with van der Waals surface area (Å²) in [5.74, 6) is 1.57. The van der Waals surface area contributed by atoms with Gasteiger partial charge in [-0.15, -0.1) is 0 Å². The Labute approximate surface area is 112 Å². The standard InChI is InChI=1S/C12H20N4OS/c1-3-17-11-7-10(14-12(15-11)18-2)16-6-4-5-9(13)8-16/h7,9H,3-6,8,13H2,1-2H3/t9-/m0/s1. The third kappa shape index (κ3) is 3.26. The van der Waals surface area contributed by atoms with E-state index < -0.39 is 0 Å². The molecule has 0 aliphatic carbocycles. The maximum absolute atomic E-state index is 6.01. The van der Waals surface area contributed by atoms with E-state index in [1.807, 2.05) is 19.2 Å². The molecule has 5 nitrogen and oxygen atoms in total. The van der Waals surface area contributed by atoms with Gasteiger partial charge >= 0.3 is 0 Å².